The van der Waals surface area contributed by atoms with E-state index in [9.17, 15) is 14.4 Å². The van der Waals surface area contributed by atoms with Gasteiger partial charge in [-0.05, 0) is 74.9 Å². The largest absolute Gasteiger partial charge is 0.436 e. The number of likely N-dealkylation sites (tertiary alicyclic amines) is 1. The quantitative estimate of drug-likeness (QED) is 0.449. The van der Waals surface area contributed by atoms with Crippen molar-refractivity contribution in [3.63, 3.8) is 0 Å². The van der Waals surface area contributed by atoms with Crippen molar-refractivity contribution in [2.45, 2.75) is 63.6 Å². The van der Waals surface area contributed by atoms with Crippen LogP contribution in [0.4, 0.5) is 21.1 Å². The maximum Gasteiger partial charge on any atom is 0.410 e. The van der Waals surface area contributed by atoms with Gasteiger partial charge in [0.05, 0.1) is 0 Å². The van der Waals surface area contributed by atoms with Gasteiger partial charge >= 0.3 is 12.1 Å². The molecule has 4 aliphatic rings. The van der Waals surface area contributed by atoms with Crippen LogP contribution < -0.4 is 16.4 Å². The number of piperidine rings is 2. The van der Waals surface area contributed by atoms with E-state index in [1.807, 2.05) is 47.1 Å². The van der Waals surface area contributed by atoms with Gasteiger partial charge in [-0.2, -0.15) is 0 Å². The van der Waals surface area contributed by atoms with Crippen LogP contribution in [0.3, 0.4) is 0 Å². The number of benzene rings is 1. The fraction of sp³-hybridized carbons (Fsp3) is 0.576. The third-order valence-electron chi connectivity index (χ3n) is 9.87. The number of carbonyl (C=O) groups excluding carboxylic acids is 3. The zero-order valence-corrected chi connectivity index (χ0v) is 26.2. The minimum atomic E-state index is -0.958. The number of fused-ring (bicyclic) bond motifs is 1. The van der Waals surface area contributed by atoms with Gasteiger partial charge in [0.15, 0.2) is 6.10 Å². The first-order valence-electron chi connectivity index (χ1n) is 16.4. The van der Waals surface area contributed by atoms with Gasteiger partial charge in [-0.1, -0.05) is 24.3 Å². The Bertz CT molecular complexity index is 1370. The van der Waals surface area contributed by atoms with Gasteiger partial charge in [-0.15, -0.1) is 0 Å². The summed E-state index contributed by atoms with van der Waals surface area (Å²) in [5, 5.41) is 6.47. The molecule has 4 N–H and O–H groups in total. The van der Waals surface area contributed by atoms with Crippen molar-refractivity contribution in [1.29, 1.82) is 0 Å². The average Bonchev–Trinajstić information content (AvgIpc) is 3.24. The van der Waals surface area contributed by atoms with Gasteiger partial charge in [0.1, 0.15) is 5.82 Å². The molecule has 242 valence electrons. The van der Waals surface area contributed by atoms with E-state index in [0.29, 0.717) is 57.4 Å². The molecular weight excluding hydrogens is 572 g/mol. The highest BCUT2D eigenvalue weighted by Gasteiger charge is 2.36. The minimum absolute atomic E-state index is 0.0286. The highest BCUT2D eigenvalue weighted by molar-refractivity contribution is 5.91. The molecule has 12 heteroatoms. The SMILES string of the molecule is Cc1cc(CC(OC(=O)N2CCC(N3CCc4ccccc4NC3=O)CC2)C(=O)N2CCN(C3CCNCC3)CC2)cnc1N. The van der Waals surface area contributed by atoms with Crippen molar-refractivity contribution in [2.75, 3.05) is 70.0 Å². The Morgan fingerprint density at radius 3 is 2.44 bits per heavy atom. The van der Waals surface area contributed by atoms with Crippen LogP contribution in [-0.4, -0.2) is 120 Å². The number of pyridine rings is 1. The molecule has 1 unspecified atom stereocenters. The van der Waals surface area contributed by atoms with Gasteiger partial charge in [0.2, 0.25) is 0 Å². The zero-order chi connectivity index (χ0) is 31.3. The van der Waals surface area contributed by atoms with Crippen molar-refractivity contribution in [1.82, 2.24) is 29.9 Å². The molecule has 1 atom stereocenters. The second kappa shape index (κ2) is 14.0. The van der Waals surface area contributed by atoms with E-state index in [0.717, 1.165) is 67.8 Å². The summed E-state index contributed by atoms with van der Waals surface area (Å²) in [5.74, 6) is 0.274. The summed E-state index contributed by atoms with van der Waals surface area (Å²) in [6.45, 7) is 8.37. The average molecular weight is 619 g/mol. The van der Waals surface area contributed by atoms with Crippen LogP contribution in [-0.2, 0) is 22.4 Å². The molecule has 1 aromatic carbocycles. The number of urea groups is 1. The molecule has 0 bridgehead atoms. The molecule has 4 amide bonds. The molecule has 0 saturated carbocycles. The number of carbonyl (C=O) groups is 3. The van der Waals surface area contributed by atoms with Crippen LogP contribution in [0.5, 0.6) is 0 Å². The van der Waals surface area contributed by atoms with Crippen molar-refractivity contribution >= 4 is 29.5 Å². The standard InChI is InChI=1S/C33H46N8O4/c1-23-20-24(22-36-30(23)34)21-29(31(42)39-18-16-38(17-19-39)26-6-11-35-12-7-26)45-33(44)40-13-9-27(10-14-40)41-15-8-25-4-2-3-5-28(25)37-32(41)43/h2-5,20,22,26-27,29,35H,6-19,21H2,1H3,(H2,34,36)(H,37,43). The number of aromatic nitrogens is 1. The third-order valence-corrected chi connectivity index (χ3v) is 9.87. The molecular formula is C33H46N8O4. The molecule has 6 rings (SSSR count). The van der Waals surface area contributed by atoms with Crippen LogP contribution in [0.25, 0.3) is 0 Å². The van der Waals surface area contributed by atoms with Crippen LogP contribution >= 0.6 is 0 Å². The third kappa shape index (κ3) is 7.33. The van der Waals surface area contributed by atoms with E-state index in [4.69, 9.17) is 10.5 Å². The summed E-state index contributed by atoms with van der Waals surface area (Å²) in [4.78, 5) is 52.6. The fourth-order valence-electron chi connectivity index (χ4n) is 7.13. The lowest BCUT2D eigenvalue weighted by molar-refractivity contribution is -0.143. The lowest BCUT2D eigenvalue weighted by Crippen LogP contribution is -2.56. The number of rotatable bonds is 6. The number of ether oxygens (including phenoxy) is 1. The Morgan fingerprint density at radius 2 is 1.71 bits per heavy atom. The molecule has 0 aliphatic carbocycles. The summed E-state index contributed by atoms with van der Waals surface area (Å²) in [5.41, 5.74) is 9.55. The number of aryl methyl sites for hydroxylation is 1. The number of para-hydroxylation sites is 1. The summed E-state index contributed by atoms with van der Waals surface area (Å²) in [7, 11) is 0. The molecule has 4 aliphatic heterocycles. The van der Waals surface area contributed by atoms with Crippen molar-refractivity contribution < 1.29 is 19.1 Å². The maximum atomic E-state index is 13.9. The summed E-state index contributed by atoms with van der Waals surface area (Å²) >= 11 is 0. The molecule has 45 heavy (non-hydrogen) atoms. The van der Waals surface area contributed by atoms with Crippen molar-refractivity contribution in [3.8, 4) is 0 Å². The van der Waals surface area contributed by atoms with E-state index in [1.165, 1.54) is 0 Å². The number of nitrogens with one attached hydrogen (secondary N) is 2. The molecule has 12 nitrogen and oxygen atoms in total. The second-order valence-electron chi connectivity index (χ2n) is 12.7. The van der Waals surface area contributed by atoms with E-state index >= 15 is 0 Å². The molecule has 3 saturated heterocycles. The predicted molar refractivity (Wildman–Crippen MR) is 172 cm³/mol. The molecule has 3 fully saturated rings. The first kappa shape index (κ1) is 31.1. The molecule has 1 aromatic heterocycles. The number of piperazine rings is 1. The first-order valence-corrected chi connectivity index (χ1v) is 16.4. The van der Waals surface area contributed by atoms with Crippen molar-refractivity contribution in [3.05, 3.63) is 53.2 Å². The van der Waals surface area contributed by atoms with Crippen LogP contribution in [0, 0.1) is 6.92 Å². The Kier molecular flexibility index (Phi) is 9.70. The normalized spacial score (nSPS) is 21.1. The highest BCUT2D eigenvalue weighted by Crippen LogP contribution is 2.25. The Morgan fingerprint density at radius 1 is 0.978 bits per heavy atom. The van der Waals surface area contributed by atoms with Gasteiger partial charge < -0.3 is 35.8 Å². The van der Waals surface area contributed by atoms with Gasteiger partial charge in [-0.3, -0.25) is 9.69 Å². The number of hydrogen-bond acceptors (Lipinski definition) is 8. The lowest BCUT2D eigenvalue weighted by atomic mass is 10.0. The van der Waals surface area contributed by atoms with E-state index in [-0.39, 0.29) is 24.4 Å². The summed E-state index contributed by atoms with van der Waals surface area (Å²) < 4.78 is 6.01. The number of hydrogen-bond donors (Lipinski definition) is 3. The van der Waals surface area contributed by atoms with E-state index < -0.39 is 12.2 Å². The number of nitrogens with zero attached hydrogens (tertiary/aromatic N) is 5. The van der Waals surface area contributed by atoms with Gasteiger partial charge in [0, 0.05) is 76.2 Å². The van der Waals surface area contributed by atoms with Crippen molar-refractivity contribution in [2.24, 2.45) is 0 Å². The number of nitrogen functional groups attached to an aromatic ring is 1. The minimum Gasteiger partial charge on any atom is -0.436 e. The van der Waals surface area contributed by atoms with Gasteiger partial charge in [0.25, 0.3) is 5.91 Å². The highest BCUT2D eigenvalue weighted by atomic mass is 16.6. The molecule has 0 radical (unpaired) electrons. The second-order valence-corrected chi connectivity index (χ2v) is 12.7. The zero-order valence-electron chi connectivity index (χ0n) is 26.2. The van der Waals surface area contributed by atoms with E-state index in [2.05, 4.69) is 20.5 Å². The fourth-order valence-corrected chi connectivity index (χ4v) is 7.13. The molecule has 2 aromatic rings. The predicted octanol–water partition coefficient (Wildman–Crippen LogP) is 2.47. The summed E-state index contributed by atoms with van der Waals surface area (Å²) in [6.07, 6.45) is 4.78. The lowest BCUT2D eigenvalue weighted by Gasteiger charge is -2.41. The number of anilines is 2. The summed E-state index contributed by atoms with van der Waals surface area (Å²) in [6, 6.07) is 10.3. The molecule has 5 heterocycles. The monoisotopic (exact) mass is 618 g/mol. The topological polar surface area (TPSA) is 136 Å². The Labute approximate surface area is 265 Å². The van der Waals surface area contributed by atoms with Crippen LogP contribution in [0.2, 0.25) is 0 Å². The number of nitrogens with two attached hydrogens (primary N) is 1. The smallest absolute Gasteiger partial charge is 0.410 e. The first-order chi connectivity index (χ1) is 21.9. The maximum absolute atomic E-state index is 13.9. The van der Waals surface area contributed by atoms with Gasteiger partial charge in [-0.25, -0.2) is 14.6 Å². The Hall–Kier alpha value is -3.90. The van der Waals surface area contributed by atoms with Crippen LogP contribution in [0.15, 0.2) is 36.5 Å². The van der Waals surface area contributed by atoms with E-state index in [1.54, 1.807) is 11.1 Å². The van der Waals surface area contributed by atoms with Crippen LogP contribution in [0.1, 0.15) is 42.4 Å². The Balaban J connectivity index is 1.07. The number of amides is 4. The molecule has 0 spiro atoms.